The highest BCUT2D eigenvalue weighted by molar-refractivity contribution is 6.30. The first-order valence-corrected chi connectivity index (χ1v) is 8.19. The highest BCUT2D eigenvalue weighted by Crippen LogP contribution is 2.31. The lowest BCUT2D eigenvalue weighted by molar-refractivity contribution is 0.0807. The van der Waals surface area contributed by atoms with Crippen molar-refractivity contribution in [2.75, 3.05) is 19.6 Å². The summed E-state index contributed by atoms with van der Waals surface area (Å²) < 4.78 is 0. The molecular weight excluding hydrogens is 282 g/mol. The number of hydrogen-bond donors (Lipinski definition) is 1. The summed E-state index contributed by atoms with van der Waals surface area (Å²) in [5.41, 5.74) is 2.55. The maximum Gasteiger partial charge on any atom is 0.0564 e. The molecule has 1 aliphatic rings. The molecule has 0 aromatic heterocycles. The van der Waals surface area contributed by atoms with Gasteiger partial charge >= 0.3 is 0 Å². The molecule has 3 heteroatoms. The monoisotopic (exact) mass is 307 g/mol. The first-order chi connectivity index (χ1) is 9.97. The molecule has 1 fully saturated rings. The van der Waals surface area contributed by atoms with Crippen LogP contribution in [-0.2, 0) is 0 Å². The fraction of sp³-hybridized carbons (Fsp3) is 0.556. The van der Waals surface area contributed by atoms with E-state index in [9.17, 15) is 5.11 Å². The van der Waals surface area contributed by atoms with Crippen LogP contribution in [-0.4, -0.2) is 35.7 Å². The summed E-state index contributed by atoms with van der Waals surface area (Å²) >= 11 is 6.01. The van der Waals surface area contributed by atoms with E-state index in [0.29, 0.717) is 11.8 Å². The van der Waals surface area contributed by atoms with Gasteiger partial charge in [0, 0.05) is 30.6 Å². The van der Waals surface area contributed by atoms with Crippen LogP contribution < -0.4 is 0 Å². The molecule has 2 rings (SSSR count). The van der Waals surface area contributed by atoms with Gasteiger partial charge in [0.1, 0.15) is 0 Å². The number of aliphatic hydroxyl groups is 1. The van der Waals surface area contributed by atoms with Crippen molar-refractivity contribution in [3.05, 3.63) is 47.0 Å². The lowest BCUT2D eigenvalue weighted by atomic mass is 9.85. The zero-order valence-electron chi connectivity index (χ0n) is 13.1. The molecule has 1 aliphatic heterocycles. The number of aliphatic hydroxyl groups excluding tert-OH is 1. The lowest BCUT2D eigenvalue weighted by Gasteiger charge is -2.34. The summed E-state index contributed by atoms with van der Waals surface area (Å²) in [6.07, 6.45) is 1.63. The van der Waals surface area contributed by atoms with Crippen LogP contribution in [0.1, 0.15) is 38.2 Å². The van der Waals surface area contributed by atoms with Crippen molar-refractivity contribution in [2.24, 2.45) is 5.92 Å². The molecule has 0 radical (unpaired) electrons. The van der Waals surface area contributed by atoms with Gasteiger partial charge in [0.15, 0.2) is 0 Å². The Morgan fingerprint density at radius 1 is 1.29 bits per heavy atom. The number of halogens is 1. The van der Waals surface area contributed by atoms with E-state index in [1.165, 1.54) is 11.1 Å². The quantitative estimate of drug-likeness (QED) is 0.828. The Balaban J connectivity index is 2.12. The molecule has 0 bridgehead atoms. The van der Waals surface area contributed by atoms with Crippen LogP contribution in [0.2, 0.25) is 5.02 Å². The molecule has 0 saturated carbocycles. The van der Waals surface area contributed by atoms with Gasteiger partial charge in [-0.25, -0.2) is 0 Å². The van der Waals surface area contributed by atoms with E-state index >= 15 is 0 Å². The minimum Gasteiger partial charge on any atom is -0.393 e. The van der Waals surface area contributed by atoms with Crippen molar-refractivity contribution in [1.29, 1.82) is 0 Å². The molecule has 0 amide bonds. The molecule has 21 heavy (non-hydrogen) atoms. The number of hydrogen-bond acceptors (Lipinski definition) is 2. The lowest BCUT2D eigenvalue weighted by Crippen LogP contribution is -2.38. The fourth-order valence-electron chi connectivity index (χ4n) is 2.89. The largest absolute Gasteiger partial charge is 0.393 e. The highest BCUT2D eigenvalue weighted by Gasteiger charge is 2.24. The topological polar surface area (TPSA) is 23.5 Å². The maximum atomic E-state index is 9.65. The molecule has 116 valence electrons. The van der Waals surface area contributed by atoms with E-state index in [-0.39, 0.29) is 6.10 Å². The van der Waals surface area contributed by atoms with Gasteiger partial charge in [0.05, 0.1) is 6.10 Å². The van der Waals surface area contributed by atoms with Gasteiger partial charge in [-0.15, -0.1) is 0 Å². The highest BCUT2D eigenvalue weighted by atomic mass is 35.5. The number of benzene rings is 1. The summed E-state index contributed by atoms with van der Waals surface area (Å²) in [5.74, 6) is 0.790. The average Bonchev–Trinajstić information content (AvgIpc) is 2.47. The molecule has 0 aliphatic carbocycles. The second kappa shape index (κ2) is 7.44. The Kier molecular flexibility index (Phi) is 5.86. The van der Waals surface area contributed by atoms with E-state index in [1.807, 2.05) is 12.1 Å². The number of piperidine rings is 1. The Labute approximate surface area is 133 Å². The standard InChI is InChI=1S/C18H26ClNO/c1-13(2)14(3)18(15-4-6-16(19)7-5-15)12-20-10-8-17(21)9-11-20/h4-7,13,17-18,21H,3,8-12H2,1-2H3/t18-/m1/s1. The van der Waals surface area contributed by atoms with Gasteiger partial charge in [0.2, 0.25) is 0 Å². The van der Waals surface area contributed by atoms with Crippen LogP contribution in [0.4, 0.5) is 0 Å². The van der Waals surface area contributed by atoms with Crippen LogP contribution in [0.3, 0.4) is 0 Å². The zero-order chi connectivity index (χ0) is 15.4. The van der Waals surface area contributed by atoms with E-state index in [1.54, 1.807) is 0 Å². The molecule has 1 atom stereocenters. The molecule has 1 aromatic carbocycles. The van der Waals surface area contributed by atoms with E-state index in [4.69, 9.17) is 11.6 Å². The Morgan fingerprint density at radius 2 is 1.86 bits per heavy atom. The smallest absolute Gasteiger partial charge is 0.0564 e. The summed E-state index contributed by atoms with van der Waals surface area (Å²) in [4.78, 5) is 2.44. The summed E-state index contributed by atoms with van der Waals surface area (Å²) in [5, 5.41) is 10.4. The van der Waals surface area contributed by atoms with Gasteiger partial charge in [-0.1, -0.05) is 49.7 Å². The third-order valence-electron chi connectivity index (χ3n) is 4.46. The van der Waals surface area contributed by atoms with Crippen LogP contribution in [0.15, 0.2) is 36.4 Å². The van der Waals surface area contributed by atoms with Gasteiger partial charge in [-0.2, -0.15) is 0 Å². The first kappa shape index (κ1) is 16.5. The third kappa shape index (κ3) is 4.57. The Morgan fingerprint density at radius 3 is 2.38 bits per heavy atom. The van der Waals surface area contributed by atoms with Crippen LogP contribution in [0, 0.1) is 5.92 Å². The van der Waals surface area contributed by atoms with Crippen molar-refractivity contribution < 1.29 is 5.11 Å². The summed E-state index contributed by atoms with van der Waals surface area (Å²) in [6, 6.07) is 8.13. The van der Waals surface area contributed by atoms with Gasteiger partial charge in [-0.3, -0.25) is 0 Å². The predicted molar refractivity (Wildman–Crippen MR) is 89.9 cm³/mol. The van der Waals surface area contributed by atoms with Crippen LogP contribution in [0.25, 0.3) is 0 Å². The van der Waals surface area contributed by atoms with E-state index in [0.717, 1.165) is 37.5 Å². The van der Waals surface area contributed by atoms with Crippen LogP contribution in [0.5, 0.6) is 0 Å². The Bertz CT molecular complexity index is 461. The number of likely N-dealkylation sites (tertiary alicyclic amines) is 1. The minimum atomic E-state index is -0.122. The van der Waals surface area contributed by atoms with Crippen molar-refractivity contribution in [3.63, 3.8) is 0 Å². The van der Waals surface area contributed by atoms with E-state index < -0.39 is 0 Å². The zero-order valence-corrected chi connectivity index (χ0v) is 13.8. The molecule has 0 spiro atoms. The van der Waals surface area contributed by atoms with Crippen molar-refractivity contribution in [3.8, 4) is 0 Å². The van der Waals surface area contributed by atoms with Gasteiger partial charge < -0.3 is 10.0 Å². The van der Waals surface area contributed by atoms with Crippen molar-refractivity contribution in [1.82, 2.24) is 4.90 Å². The van der Waals surface area contributed by atoms with Gasteiger partial charge in [-0.05, 0) is 36.5 Å². The SMILES string of the molecule is C=C(C(C)C)[C@@H](CN1CCC(O)CC1)c1ccc(Cl)cc1. The predicted octanol–water partition coefficient (Wildman–Crippen LogP) is 4.09. The molecule has 2 nitrogen and oxygen atoms in total. The average molecular weight is 308 g/mol. The summed E-state index contributed by atoms with van der Waals surface area (Å²) in [7, 11) is 0. The molecular formula is C18H26ClNO. The molecule has 1 saturated heterocycles. The second-order valence-electron chi connectivity index (χ2n) is 6.37. The number of nitrogens with zero attached hydrogens (tertiary/aromatic N) is 1. The molecule has 1 N–H and O–H groups in total. The second-order valence-corrected chi connectivity index (χ2v) is 6.80. The van der Waals surface area contributed by atoms with E-state index in [2.05, 4.69) is 37.5 Å². The fourth-order valence-corrected chi connectivity index (χ4v) is 3.02. The number of rotatable bonds is 5. The third-order valence-corrected chi connectivity index (χ3v) is 4.71. The van der Waals surface area contributed by atoms with Crippen molar-refractivity contribution >= 4 is 11.6 Å². The minimum absolute atomic E-state index is 0.122. The summed E-state index contributed by atoms with van der Waals surface area (Å²) in [6.45, 7) is 11.6. The Hall–Kier alpha value is -0.830. The molecule has 1 aromatic rings. The molecule has 1 heterocycles. The van der Waals surface area contributed by atoms with Crippen LogP contribution >= 0.6 is 11.6 Å². The first-order valence-electron chi connectivity index (χ1n) is 7.82. The normalized spacial score (nSPS) is 18.9. The maximum absolute atomic E-state index is 9.65. The molecule has 0 unspecified atom stereocenters. The van der Waals surface area contributed by atoms with Gasteiger partial charge in [0.25, 0.3) is 0 Å². The van der Waals surface area contributed by atoms with Crippen molar-refractivity contribution in [2.45, 2.75) is 38.7 Å².